The molecule has 0 saturated carbocycles. The molecular weight excluding hydrogens is 268 g/mol. The van der Waals surface area contributed by atoms with E-state index in [0.717, 1.165) is 12.8 Å². The van der Waals surface area contributed by atoms with E-state index in [-0.39, 0.29) is 24.1 Å². The van der Waals surface area contributed by atoms with Crippen molar-refractivity contribution in [3.63, 3.8) is 0 Å². The number of Topliss-reactive ketones (excluding diaryl/α,β-unsaturated/α-hetero) is 1. The number of carbonyl (C=O) groups is 3. The molecule has 0 aliphatic rings. The molecule has 1 N–H and O–H groups in total. The van der Waals surface area contributed by atoms with Gasteiger partial charge in [0, 0.05) is 24.7 Å². The highest BCUT2D eigenvalue weighted by Crippen LogP contribution is 2.10. The predicted octanol–water partition coefficient (Wildman–Crippen LogP) is 2.48. The van der Waals surface area contributed by atoms with Crippen molar-refractivity contribution in [3.05, 3.63) is 29.8 Å². The van der Waals surface area contributed by atoms with Gasteiger partial charge in [0.1, 0.15) is 0 Å². The molecule has 0 saturated heterocycles. The number of benzene rings is 1. The lowest BCUT2D eigenvalue weighted by molar-refractivity contribution is -0.132. The molecule has 0 bridgehead atoms. The van der Waals surface area contributed by atoms with Crippen LogP contribution in [0.4, 0.5) is 5.69 Å². The molecule has 0 fully saturated rings. The number of unbranched alkanes of at least 4 members (excludes halogenated alkanes) is 1. The Balaban J connectivity index is 2.59. The minimum absolute atomic E-state index is 0.0183. The number of hydrogen-bond donors (Lipinski definition) is 1. The minimum Gasteiger partial charge on any atom is -0.334 e. The van der Waals surface area contributed by atoms with Crippen LogP contribution < -0.4 is 5.32 Å². The second-order valence-electron chi connectivity index (χ2n) is 4.98. The van der Waals surface area contributed by atoms with E-state index in [1.54, 1.807) is 24.3 Å². The van der Waals surface area contributed by atoms with Crippen LogP contribution in [0.15, 0.2) is 24.3 Å². The lowest BCUT2D eigenvalue weighted by Gasteiger charge is -2.20. The fraction of sp³-hybridized carbons (Fsp3) is 0.438. The third-order valence-corrected chi connectivity index (χ3v) is 3.14. The van der Waals surface area contributed by atoms with Crippen molar-refractivity contribution >= 4 is 23.3 Å². The first-order valence-corrected chi connectivity index (χ1v) is 7.10. The Hall–Kier alpha value is -2.17. The normalized spacial score (nSPS) is 10.0. The number of anilines is 1. The van der Waals surface area contributed by atoms with Crippen LogP contribution in [0.3, 0.4) is 0 Å². The average molecular weight is 290 g/mol. The van der Waals surface area contributed by atoms with Crippen molar-refractivity contribution in [2.75, 3.05) is 18.4 Å². The lowest BCUT2D eigenvalue weighted by Crippen LogP contribution is -2.37. The maximum atomic E-state index is 11.9. The molecule has 1 rings (SSSR count). The molecule has 0 aromatic heterocycles. The van der Waals surface area contributed by atoms with Gasteiger partial charge in [-0.15, -0.1) is 0 Å². The van der Waals surface area contributed by atoms with Crippen LogP contribution >= 0.6 is 0 Å². The van der Waals surface area contributed by atoms with Crippen LogP contribution in [0.5, 0.6) is 0 Å². The van der Waals surface area contributed by atoms with E-state index < -0.39 is 0 Å². The van der Waals surface area contributed by atoms with Gasteiger partial charge in [0.2, 0.25) is 11.8 Å². The summed E-state index contributed by atoms with van der Waals surface area (Å²) in [6.45, 7) is 5.62. The van der Waals surface area contributed by atoms with Crippen LogP contribution in [-0.2, 0) is 9.59 Å². The maximum absolute atomic E-state index is 11.9. The summed E-state index contributed by atoms with van der Waals surface area (Å²) in [6, 6.07) is 6.69. The number of nitrogens with zero attached hydrogens (tertiary/aromatic N) is 1. The first-order chi connectivity index (χ1) is 9.93. The van der Waals surface area contributed by atoms with Gasteiger partial charge in [-0.25, -0.2) is 0 Å². The third-order valence-electron chi connectivity index (χ3n) is 3.14. The molecule has 0 radical (unpaired) electrons. The topological polar surface area (TPSA) is 66.5 Å². The summed E-state index contributed by atoms with van der Waals surface area (Å²) in [6.07, 6.45) is 1.85. The predicted molar refractivity (Wildman–Crippen MR) is 82.2 cm³/mol. The zero-order valence-electron chi connectivity index (χ0n) is 12.8. The molecule has 2 amide bonds. The Morgan fingerprint density at radius 3 is 2.19 bits per heavy atom. The zero-order valence-corrected chi connectivity index (χ0v) is 12.8. The van der Waals surface area contributed by atoms with E-state index in [1.807, 2.05) is 6.92 Å². The van der Waals surface area contributed by atoms with Crippen LogP contribution in [-0.4, -0.2) is 35.6 Å². The first kappa shape index (κ1) is 16.9. The number of ketones is 1. The third kappa shape index (κ3) is 5.77. The summed E-state index contributed by atoms with van der Waals surface area (Å²) in [7, 11) is 0. The molecular formula is C16H22N2O3. The number of nitrogens with one attached hydrogen (secondary N) is 1. The Bertz CT molecular complexity index is 509. The van der Waals surface area contributed by atoms with Crippen molar-refractivity contribution in [2.24, 2.45) is 0 Å². The van der Waals surface area contributed by atoms with Crippen molar-refractivity contribution in [1.82, 2.24) is 4.90 Å². The summed E-state index contributed by atoms with van der Waals surface area (Å²) in [5.41, 5.74) is 1.21. The molecule has 0 heterocycles. The quantitative estimate of drug-likeness (QED) is 0.784. The second kappa shape index (κ2) is 8.19. The largest absolute Gasteiger partial charge is 0.334 e. The van der Waals surface area contributed by atoms with Crippen LogP contribution in [0.25, 0.3) is 0 Å². The highest BCUT2D eigenvalue weighted by Gasteiger charge is 2.13. The van der Waals surface area contributed by atoms with Crippen molar-refractivity contribution in [2.45, 2.75) is 33.6 Å². The molecule has 5 heteroatoms. The summed E-state index contributed by atoms with van der Waals surface area (Å²) in [5.74, 6) is -0.363. The Labute approximate surface area is 125 Å². The summed E-state index contributed by atoms with van der Waals surface area (Å²) < 4.78 is 0. The smallest absolute Gasteiger partial charge is 0.243 e. The number of hydrogen-bond acceptors (Lipinski definition) is 3. The van der Waals surface area contributed by atoms with Gasteiger partial charge in [0.05, 0.1) is 6.54 Å². The van der Waals surface area contributed by atoms with Crippen molar-refractivity contribution in [1.29, 1.82) is 0 Å². The molecule has 114 valence electrons. The Kier molecular flexibility index (Phi) is 6.59. The van der Waals surface area contributed by atoms with Gasteiger partial charge < -0.3 is 10.2 Å². The second-order valence-corrected chi connectivity index (χ2v) is 4.98. The van der Waals surface area contributed by atoms with E-state index in [4.69, 9.17) is 0 Å². The minimum atomic E-state index is -0.239. The number of amides is 2. The fourth-order valence-corrected chi connectivity index (χ4v) is 1.86. The first-order valence-electron chi connectivity index (χ1n) is 7.10. The van der Waals surface area contributed by atoms with Crippen LogP contribution in [0.1, 0.15) is 44.0 Å². The van der Waals surface area contributed by atoms with Gasteiger partial charge in [0.15, 0.2) is 5.78 Å². The Morgan fingerprint density at radius 1 is 1.10 bits per heavy atom. The van der Waals surface area contributed by atoms with E-state index in [2.05, 4.69) is 5.32 Å². The maximum Gasteiger partial charge on any atom is 0.243 e. The van der Waals surface area contributed by atoms with Gasteiger partial charge >= 0.3 is 0 Å². The Morgan fingerprint density at radius 2 is 1.71 bits per heavy atom. The average Bonchev–Trinajstić information content (AvgIpc) is 2.43. The van der Waals surface area contributed by atoms with Gasteiger partial charge in [-0.3, -0.25) is 14.4 Å². The van der Waals surface area contributed by atoms with E-state index in [9.17, 15) is 14.4 Å². The highest BCUT2D eigenvalue weighted by atomic mass is 16.2. The molecule has 1 aromatic carbocycles. The molecule has 0 aliphatic carbocycles. The summed E-state index contributed by atoms with van der Waals surface area (Å²) >= 11 is 0. The van der Waals surface area contributed by atoms with Crippen LogP contribution in [0, 0.1) is 0 Å². The van der Waals surface area contributed by atoms with Crippen molar-refractivity contribution in [3.8, 4) is 0 Å². The summed E-state index contributed by atoms with van der Waals surface area (Å²) in [5, 5.41) is 2.73. The molecule has 0 aliphatic heterocycles. The van der Waals surface area contributed by atoms with Gasteiger partial charge in [-0.1, -0.05) is 13.3 Å². The molecule has 0 unspecified atom stereocenters. The standard InChI is InChI=1S/C16H22N2O3/c1-4-5-10-18(13(3)20)11-16(21)17-15-8-6-14(7-9-15)12(2)19/h6-9H,4-5,10-11H2,1-3H3,(H,17,21). The SMILES string of the molecule is CCCCN(CC(=O)Nc1ccc(C(C)=O)cc1)C(C)=O. The zero-order chi connectivity index (χ0) is 15.8. The molecule has 0 spiro atoms. The molecule has 1 aromatic rings. The molecule has 5 nitrogen and oxygen atoms in total. The lowest BCUT2D eigenvalue weighted by atomic mass is 10.1. The molecule has 21 heavy (non-hydrogen) atoms. The van der Waals surface area contributed by atoms with Gasteiger partial charge in [-0.2, -0.15) is 0 Å². The van der Waals surface area contributed by atoms with Crippen LogP contribution in [0.2, 0.25) is 0 Å². The highest BCUT2D eigenvalue weighted by molar-refractivity contribution is 5.96. The van der Waals surface area contributed by atoms with Gasteiger partial charge in [-0.05, 0) is 37.6 Å². The molecule has 0 atom stereocenters. The van der Waals surface area contributed by atoms with E-state index in [1.165, 1.54) is 18.7 Å². The van der Waals surface area contributed by atoms with E-state index >= 15 is 0 Å². The number of rotatable bonds is 7. The monoisotopic (exact) mass is 290 g/mol. The summed E-state index contributed by atoms with van der Waals surface area (Å²) in [4.78, 5) is 36.1. The van der Waals surface area contributed by atoms with Gasteiger partial charge in [0.25, 0.3) is 0 Å². The van der Waals surface area contributed by atoms with Crippen molar-refractivity contribution < 1.29 is 14.4 Å². The van der Waals surface area contributed by atoms with E-state index in [0.29, 0.717) is 17.8 Å². The fourth-order valence-electron chi connectivity index (χ4n) is 1.86. The number of carbonyl (C=O) groups excluding carboxylic acids is 3.